The summed E-state index contributed by atoms with van der Waals surface area (Å²) in [6.45, 7) is 0. The second kappa shape index (κ2) is 9.51. The Hall–Kier alpha value is -3.93. The molecule has 3 N–H and O–H groups in total. The molecule has 0 aliphatic rings. The summed E-state index contributed by atoms with van der Waals surface area (Å²) in [4.78, 5) is 28.4. The smallest absolute Gasteiger partial charge is 0.425 e. The van der Waals surface area contributed by atoms with E-state index in [9.17, 15) is 32.3 Å². The number of aromatic nitrogens is 2. The number of nitrogens with one attached hydrogen (secondary N) is 2. The topological polar surface area (TPSA) is 105 Å². The summed E-state index contributed by atoms with van der Waals surface area (Å²) in [5.41, 5.74) is -3.42. The number of aliphatic hydroxyl groups is 1. The van der Waals surface area contributed by atoms with Gasteiger partial charge in [0.15, 0.2) is 5.82 Å². The van der Waals surface area contributed by atoms with Crippen LogP contribution in [-0.4, -0.2) is 39.8 Å². The molecule has 3 rings (SSSR count). The van der Waals surface area contributed by atoms with Crippen LogP contribution in [-0.2, 0) is 17.4 Å². The Balaban J connectivity index is 1.82. The third-order valence-corrected chi connectivity index (χ3v) is 4.89. The minimum Gasteiger partial charge on any atom is -0.495 e. The zero-order valence-corrected chi connectivity index (χ0v) is 18.0. The third-order valence-electron chi connectivity index (χ3n) is 4.89. The zero-order chi connectivity index (χ0) is 25.1. The van der Waals surface area contributed by atoms with Crippen molar-refractivity contribution in [1.29, 1.82) is 0 Å². The molecule has 1 aromatic heterocycles. The number of ether oxygens (including phenoxy) is 1. The van der Waals surface area contributed by atoms with Crippen molar-refractivity contribution < 1.29 is 37.0 Å². The van der Waals surface area contributed by atoms with Crippen LogP contribution in [0.5, 0.6) is 5.75 Å². The zero-order valence-electron chi connectivity index (χ0n) is 18.0. The summed E-state index contributed by atoms with van der Waals surface area (Å²) in [6.07, 6.45) is -4.27. The van der Waals surface area contributed by atoms with Gasteiger partial charge < -0.3 is 25.0 Å². The fourth-order valence-electron chi connectivity index (χ4n) is 3.22. The summed E-state index contributed by atoms with van der Waals surface area (Å²) >= 11 is 0. The predicted octanol–water partition coefficient (Wildman–Crippen LogP) is 3.60. The van der Waals surface area contributed by atoms with Crippen LogP contribution in [0.2, 0.25) is 0 Å². The van der Waals surface area contributed by atoms with Gasteiger partial charge in [0, 0.05) is 30.7 Å². The number of imidazole rings is 1. The van der Waals surface area contributed by atoms with Crippen molar-refractivity contribution >= 4 is 23.2 Å². The second-order valence-corrected chi connectivity index (χ2v) is 7.32. The number of methoxy groups -OCH3 is 1. The van der Waals surface area contributed by atoms with Crippen molar-refractivity contribution in [2.75, 3.05) is 17.7 Å². The SMILES string of the molecule is COc1ccc(NC(=O)CC(O)(c2nccn2C)C(F)(F)F)cc1NC(=O)c1cccc(F)c1. The summed E-state index contributed by atoms with van der Waals surface area (Å²) < 4.78 is 60.5. The highest BCUT2D eigenvalue weighted by molar-refractivity contribution is 6.05. The van der Waals surface area contributed by atoms with Crippen LogP contribution in [0.3, 0.4) is 0 Å². The molecule has 1 unspecified atom stereocenters. The van der Waals surface area contributed by atoms with Crippen LogP contribution in [0.1, 0.15) is 22.6 Å². The predicted molar refractivity (Wildman–Crippen MR) is 114 cm³/mol. The maximum atomic E-state index is 13.7. The molecule has 0 spiro atoms. The van der Waals surface area contributed by atoms with Crippen molar-refractivity contribution in [2.45, 2.75) is 18.2 Å². The van der Waals surface area contributed by atoms with Gasteiger partial charge in [0.2, 0.25) is 11.5 Å². The van der Waals surface area contributed by atoms with Gasteiger partial charge in [-0.15, -0.1) is 0 Å². The highest BCUT2D eigenvalue weighted by atomic mass is 19.4. The van der Waals surface area contributed by atoms with Gasteiger partial charge in [-0.1, -0.05) is 6.07 Å². The van der Waals surface area contributed by atoms with Gasteiger partial charge in [-0.05, 0) is 36.4 Å². The fraction of sp³-hybridized carbons (Fsp3) is 0.227. The number of halogens is 4. The Morgan fingerprint density at radius 1 is 1.15 bits per heavy atom. The molecule has 0 bridgehead atoms. The van der Waals surface area contributed by atoms with E-state index in [2.05, 4.69) is 15.6 Å². The average molecular weight is 480 g/mol. The first kappa shape index (κ1) is 24.7. The lowest BCUT2D eigenvalue weighted by molar-refractivity contribution is -0.270. The van der Waals surface area contributed by atoms with E-state index >= 15 is 0 Å². The maximum Gasteiger partial charge on any atom is 0.425 e. The lowest BCUT2D eigenvalue weighted by Crippen LogP contribution is -2.46. The van der Waals surface area contributed by atoms with Crippen LogP contribution in [0.15, 0.2) is 54.9 Å². The van der Waals surface area contributed by atoms with Gasteiger partial charge in [-0.3, -0.25) is 9.59 Å². The molecule has 0 aliphatic carbocycles. The second-order valence-electron chi connectivity index (χ2n) is 7.32. The number of amides is 2. The number of carbonyl (C=O) groups is 2. The van der Waals surface area contributed by atoms with Crippen LogP contribution >= 0.6 is 0 Å². The fourth-order valence-corrected chi connectivity index (χ4v) is 3.22. The normalized spacial score (nSPS) is 13.1. The molecule has 0 radical (unpaired) electrons. The number of hydrogen-bond acceptors (Lipinski definition) is 5. The summed E-state index contributed by atoms with van der Waals surface area (Å²) in [7, 11) is 2.58. The van der Waals surface area contributed by atoms with Gasteiger partial charge in [-0.2, -0.15) is 13.2 Å². The number of nitrogens with zero attached hydrogens (tertiary/aromatic N) is 2. The number of anilines is 2. The molecule has 2 aromatic carbocycles. The molecule has 3 aromatic rings. The molecule has 0 saturated heterocycles. The van der Waals surface area contributed by atoms with Gasteiger partial charge in [0.1, 0.15) is 11.6 Å². The molecule has 0 saturated carbocycles. The number of rotatable bonds is 7. The van der Waals surface area contributed by atoms with Gasteiger partial charge in [0.25, 0.3) is 5.91 Å². The largest absolute Gasteiger partial charge is 0.495 e. The standard InChI is InChI=1S/C22H20F4N4O4/c1-30-9-8-27-20(30)21(33,22(24,25)26)12-18(31)28-15-6-7-17(34-2)16(11-15)29-19(32)13-4-3-5-14(23)10-13/h3-11,33H,12H2,1-2H3,(H,28,31)(H,29,32). The van der Waals surface area contributed by atoms with Crippen molar-refractivity contribution in [3.05, 3.63) is 72.1 Å². The number of hydrogen-bond donors (Lipinski definition) is 3. The van der Waals surface area contributed by atoms with E-state index in [0.29, 0.717) is 0 Å². The first-order chi connectivity index (χ1) is 15.9. The average Bonchev–Trinajstić information content (AvgIpc) is 3.19. The first-order valence-corrected chi connectivity index (χ1v) is 9.76. The van der Waals surface area contributed by atoms with E-state index in [4.69, 9.17) is 4.74 Å². The van der Waals surface area contributed by atoms with Crippen LogP contribution in [0.25, 0.3) is 0 Å². The summed E-state index contributed by atoms with van der Waals surface area (Å²) in [5.74, 6) is -3.01. The lowest BCUT2D eigenvalue weighted by atomic mass is 9.97. The molecule has 0 fully saturated rings. The monoisotopic (exact) mass is 480 g/mol. The number of benzene rings is 2. The molecule has 2 amide bonds. The van der Waals surface area contributed by atoms with E-state index in [0.717, 1.165) is 16.8 Å². The van der Waals surface area contributed by atoms with Gasteiger partial charge >= 0.3 is 6.18 Å². The molecule has 1 atom stereocenters. The van der Waals surface area contributed by atoms with E-state index in [1.54, 1.807) is 0 Å². The molecule has 34 heavy (non-hydrogen) atoms. The molecular weight excluding hydrogens is 460 g/mol. The number of carbonyl (C=O) groups excluding carboxylic acids is 2. The first-order valence-electron chi connectivity index (χ1n) is 9.76. The Labute approximate surface area is 191 Å². The quantitative estimate of drug-likeness (QED) is 0.448. The van der Waals surface area contributed by atoms with E-state index in [1.807, 2.05) is 0 Å². The highest BCUT2D eigenvalue weighted by Gasteiger charge is 2.58. The minimum absolute atomic E-state index is 0.0156. The van der Waals surface area contributed by atoms with Crippen LogP contribution in [0.4, 0.5) is 28.9 Å². The Bertz CT molecular complexity index is 1210. The summed E-state index contributed by atoms with van der Waals surface area (Å²) in [5, 5.41) is 15.1. The molecule has 1 heterocycles. The van der Waals surface area contributed by atoms with Crippen molar-refractivity contribution in [3.8, 4) is 5.75 Å². The van der Waals surface area contributed by atoms with Gasteiger partial charge in [0.05, 0.1) is 19.2 Å². The third kappa shape index (κ3) is 5.17. The van der Waals surface area contributed by atoms with E-state index in [1.165, 1.54) is 56.8 Å². The molecular formula is C22H20F4N4O4. The maximum absolute atomic E-state index is 13.7. The molecule has 0 aliphatic heterocycles. The molecule has 12 heteroatoms. The number of alkyl halides is 3. The van der Waals surface area contributed by atoms with Crippen LogP contribution < -0.4 is 15.4 Å². The Morgan fingerprint density at radius 3 is 2.47 bits per heavy atom. The van der Waals surface area contributed by atoms with Crippen molar-refractivity contribution in [2.24, 2.45) is 7.05 Å². The highest BCUT2D eigenvalue weighted by Crippen LogP contribution is 2.41. The summed E-state index contributed by atoms with van der Waals surface area (Å²) in [6, 6.07) is 8.87. The van der Waals surface area contributed by atoms with Crippen molar-refractivity contribution in [3.63, 3.8) is 0 Å². The van der Waals surface area contributed by atoms with Crippen LogP contribution in [0, 0.1) is 5.82 Å². The Kier molecular flexibility index (Phi) is 6.91. The van der Waals surface area contributed by atoms with E-state index in [-0.39, 0.29) is 22.7 Å². The molecule has 8 nitrogen and oxygen atoms in total. The van der Waals surface area contributed by atoms with Crippen molar-refractivity contribution in [1.82, 2.24) is 9.55 Å². The van der Waals surface area contributed by atoms with E-state index < -0.39 is 41.7 Å². The van der Waals surface area contributed by atoms with Gasteiger partial charge in [-0.25, -0.2) is 9.37 Å². The minimum atomic E-state index is -5.19. The lowest BCUT2D eigenvalue weighted by Gasteiger charge is -2.29. The number of aryl methyl sites for hydroxylation is 1. The Morgan fingerprint density at radius 2 is 1.88 bits per heavy atom. The molecule has 180 valence electrons.